The Bertz CT molecular complexity index is 655. The molecule has 1 heterocycles. The summed E-state index contributed by atoms with van der Waals surface area (Å²) < 4.78 is 20.2. The van der Waals surface area contributed by atoms with Gasteiger partial charge < -0.3 is 9.84 Å². The zero-order valence-electron chi connectivity index (χ0n) is 12.4. The standard InChI is InChI=1S/C15H18ClFN2O2/c1-8(2)13-12(15(16)19(3)18-13)14(20)9-5-6-11(21-4)10(17)7-9/h5-8,14,20H,1-4H3. The average Bonchev–Trinajstić information content (AvgIpc) is 2.74. The summed E-state index contributed by atoms with van der Waals surface area (Å²) in [6.07, 6.45) is -1.04. The van der Waals surface area contributed by atoms with Gasteiger partial charge in [0.05, 0.1) is 12.8 Å². The molecule has 1 aromatic heterocycles. The molecule has 0 aliphatic carbocycles. The molecule has 1 unspecified atom stereocenters. The predicted octanol–water partition coefficient (Wildman–Crippen LogP) is 3.43. The number of rotatable bonds is 4. The fourth-order valence-corrected chi connectivity index (χ4v) is 2.48. The molecular formula is C15H18ClFN2O2. The van der Waals surface area contributed by atoms with Crippen molar-refractivity contribution in [2.45, 2.75) is 25.9 Å². The molecular weight excluding hydrogens is 295 g/mol. The summed E-state index contributed by atoms with van der Waals surface area (Å²) in [6, 6.07) is 4.34. The summed E-state index contributed by atoms with van der Waals surface area (Å²) in [6.45, 7) is 3.92. The van der Waals surface area contributed by atoms with Gasteiger partial charge in [-0.3, -0.25) is 4.68 Å². The number of methoxy groups -OCH3 is 1. The van der Waals surface area contributed by atoms with E-state index in [0.29, 0.717) is 22.0 Å². The van der Waals surface area contributed by atoms with E-state index in [1.807, 2.05) is 13.8 Å². The van der Waals surface area contributed by atoms with Gasteiger partial charge in [0.25, 0.3) is 0 Å². The SMILES string of the molecule is COc1ccc(C(O)c2c(C(C)C)nn(C)c2Cl)cc1F. The van der Waals surface area contributed by atoms with Gasteiger partial charge in [-0.05, 0) is 23.6 Å². The number of halogens is 2. The monoisotopic (exact) mass is 312 g/mol. The molecule has 21 heavy (non-hydrogen) atoms. The molecule has 0 aliphatic heterocycles. The van der Waals surface area contributed by atoms with Crippen LogP contribution in [0.15, 0.2) is 18.2 Å². The second-order valence-electron chi connectivity index (χ2n) is 5.16. The van der Waals surface area contributed by atoms with E-state index in [4.69, 9.17) is 16.3 Å². The first kappa shape index (κ1) is 15.8. The molecule has 0 saturated carbocycles. The van der Waals surface area contributed by atoms with E-state index in [1.165, 1.54) is 23.9 Å². The van der Waals surface area contributed by atoms with Crippen LogP contribution in [0.1, 0.15) is 42.7 Å². The van der Waals surface area contributed by atoms with Crippen LogP contribution < -0.4 is 4.74 Å². The van der Waals surface area contributed by atoms with Crippen molar-refractivity contribution in [1.29, 1.82) is 0 Å². The van der Waals surface area contributed by atoms with E-state index in [9.17, 15) is 9.50 Å². The maximum atomic E-state index is 13.8. The molecule has 0 radical (unpaired) electrons. The van der Waals surface area contributed by atoms with Crippen molar-refractivity contribution in [3.63, 3.8) is 0 Å². The van der Waals surface area contributed by atoms with Crippen LogP contribution in [0, 0.1) is 5.82 Å². The van der Waals surface area contributed by atoms with Crippen molar-refractivity contribution < 1.29 is 14.2 Å². The van der Waals surface area contributed by atoms with Crippen molar-refractivity contribution in [3.8, 4) is 5.75 Å². The zero-order valence-corrected chi connectivity index (χ0v) is 13.1. The van der Waals surface area contributed by atoms with Crippen LogP contribution in [0.5, 0.6) is 5.75 Å². The molecule has 4 nitrogen and oxygen atoms in total. The maximum Gasteiger partial charge on any atom is 0.165 e. The Morgan fingerprint density at radius 1 is 1.38 bits per heavy atom. The quantitative estimate of drug-likeness (QED) is 0.941. The maximum absolute atomic E-state index is 13.8. The molecule has 0 fully saturated rings. The van der Waals surface area contributed by atoms with Crippen molar-refractivity contribution in [1.82, 2.24) is 9.78 Å². The first-order chi connectivity index (χ1) is 9.86. The lowest BCUT2D eigenvalue weighted by Gasteiger charge is -2.14. The van der Waals surface area contributed by atoms with E-state index < -0.39 is 11.9 Å². The summed E-state index contributed by atoms with van der Waals surface area (Å²) in [5, 5.41) is 15.2. The molecule has 0 aliphatic rings. The molecule has 0 amide bonds. The first-order valence-electron chi connectivity index (χ1n) is 6.60. The van der Waals surface area contributed by atoms with Crippen LogP contribution in [0.2, 0.25) is 5.15 Å². The lowest BCUT2D eigenvalue weighted by molar-refractivity contribution is 0.218. The van der Waals surface area contributed by atoms with Crippen molar-refractivity contribution in [2.75, 3.05) is 7.11 Å². The number of benzene rings is 1. The van der Waals surface area contributed by atoms with Gasteiger partial charge in [0.2, 0.25) is 0 Å². The molecule has 0 saturated heterocycles. The minimum Gasteiger partial charge on any atom is -0.494 e. The zero-order chi connectivity index (χ0) is 15.7. The van der Waals surface area contributed by atoms with Gasteiger partial charge in [0.1, 0.15) is 11.3 Å². The van der Waals surface area contributed by atoms with Gasteiger partial charge in [0, 0.05) is 12.6 Å². The van der Waals surface area contributed by atoms with E-state index in [-0.39, 0.29) is 11.7 Å². The molecule has 6 heteroatoms. The van der Waals surface area contributed by atoms with Crippen LogP contribution in [0.3, 0.4) is 0 Å². The van der Waals surface area contributed by atoms with E-state index in [2.05, 4.69) is 5.10 Å². The third-order valence-corrected chi connectivity index (χ3v) is 3.80. The number of ether oxygens (including phenoxy) is 1. The molecule has 1 atom stereocenters. The van der Waals surface area contributed by atoms with Gasteiger partial charge in [-0.2, -0.15) is 5.10 Å². The Morgan fingerprint density at radius 2 is 2.05 bits per heavy atom. The average molecular weight is 313 g/mol. The molecule has 0 bridgehead atoms. The Kier molecular flexibility index (Phi) is 4.54. The highest BCUT2D eigenvalue weighted by atomic mass is 35.5. The molecule has 2 aromatic rings. The minimum absolute atomic E-state index is 0.0939. The summed E-state index contributed by atoms with van der Waals surface area (Å²) in [4.78, 5) is 0. The fourth-order valence-electron chi connectivity index (χ4n) is 2.24. The molecule has 2 rings (SSSR count). The summed E-state index contributed by atoms with van der Waals surface area (Å²) >= 11 is 6.22. The summed E-state index contributed by atoms with van der Waals surface area (Å²) in [5.41, 5.74) is 1.62. The number of aryl methyl sites for hydroxylation is 1. The number of aliphatic hydroxyl groups excluding tert-OH is 1. The van der Waals surface area contributed by atoms with Crippen molar-refractivity contribution in [3.05, 3.63) is 46.0 Å². The highest BCUT2D eigenvalue weighted by Crippen LogP contribution is 2.35. The lowest BCUT2D eigenvalue weighted by atomic mass is 9.97. The number of hydrogen-bond donors (Lipinski definition) is 1. The number of nitrogens with zero attached hydrogens (tertiary/aromatic N) is 2. The largest absolute Gasteiger partial charge is 0.494 e. The van der Waals surface area contributed by atoms with E-state index >= 15 is 0 Å². The van der Waals surface area contributed by atoms with Crippen LogP contribution in [0.4, 0.5) is 4.39 Å². The third-order valence-electron chi connectivity index (χ3n) is 3.35. The van der Waals surface area contributed by atoms with E-state index in [0.717, 1.165) is 0 Å². The van der Waals surface area contributed by atoms with Crippen LogP contribution >= 0.6 is 11.6 Å². The second-order valence-corrected chi connectivity index (χ2v) is 5.52. The van der Waals surface area contributed by atoms with Crippen LogP contribution in [-0.2, 0) is 7.05 Å². The summed E-state index contributed by atoms with van der Waals surface area (Å²) in [5.74, 6) is -0.302. The Labute approximate surface area is 128 Å². The lowest BCUT2D eigenvalue weighted by Crippen LogP contribution is -2.05. The predicted molar refractivity (Wildman–Crippen MR) is 79.3 cm³/mol. The highest BCUT2D eigenvalue weighted by molar-refractivity contribution is 6.30. The molecule has 114 valence electrons. The topological polar surface area (TPSA) is 47.3 Å². The Balaban J connectivity index is 2.49. The molecule has 0 spiro atoms. The second kappa shape index (κ2) is 6.03. The molecule has 1 aromatic carbocycles. The minimum atomic E-state index is -1.04. The normalized spacial score (nSPS) is 12.8. The number of aromatic nitrogens is 2. The van der Waals surface area contributed by atoms with Gasteiger partial charge >= 0.3 is 0 Å². The first-order valence-corrected chi connectivity index (χ1v) is 6.98. The van der Waals surface area contributed by atoms with Gasteiger partial charge in [0.15, 0.2) is 11.6 Å². The van der Waals surface area contributed by atoms with Gasteiger partial charge in [-0.15, -0.1) is 0 Å². The Hall–Kier alpha value is -1.59. The van der Waals surface area contributed by atoms with Crippen molar-refractivity contribution >= 4 is 11.6 Å². The van der Waals surface area contributed by atoms with Crippen LogP contribution in [0.25, 0.3) is 0 Å². The van der Waals surface area contributed by atoms with Crippen molar-refractivity contribution in [2.24, 2.45) is 7.05 Å². The fraction of sp³-hybridized carbons (Fsp3) is 0.400. The molecule has 1 N–H and O–H groups in total. The Morgan fingerprint density at radius 3 is 2.57 bits per heavy atom. The highest BCUT2D eigenvalue weighted by Gasteiger charge is 2.25. The van der Waals surface area contributed by atoms with Gasteiger partial charge in [-0.25, -0.2) is 4.39 Å². The van der Waals surface area contributed by atoms with E-state index in [1.54, 1.807) is 13.1 Å². The number of hydrogen-bond acceptors (Lipinski definition) is 3. The van der Waals surface area contributed by atoms with Gasteiger partial charge in [-0.1, -0.05) is 31.5 Å². The number of aliphatic hydroxyl groups is 1. The summed E-state index contributed by atoms with van der Waals surface area (Å²) in [7, 11) is 3.10. The smallest absolute Gasteiger partial charge is 0.165 e. The third kappa shape index (κ3) is 2.89. The van der Waals surface area contributed by atoms with Crippen LogP contribution in [-0.4, -0.2) is 22.0 Å².